The van der Waals surface area contributed by atoms with E-state index in [0.717, 1.165) is 31.2 Å². The van der Waals surface area contributed by atoms with Gasteiger partial charge in [0.25, 0.3) is 0 Å². The summed E-state index contributed by atoms with van der Waals surface area (Å²) in [6.45, 7) is 6.71. The fourth-order valence-corrected chi connectivity index (χ4v) is 2.79. The van der Waals surface area contributed by atoms with Gasteiger partial charge in [-0.05, 0) is 30.5 Å². The van der Waals surface area contributed by atoms with Gasteiger partial charge in [0.05, 0.1) is 0 Å². The van der Waals surface area contributed by atoms with E-state index in [1.54, 1.807) is 0 Å². The zero-order valence-corrected chi connectivity index (χ0v) is 13.0. The zero-order chi connectivity index (χ0) is 14.2. The fraction of sp³-hybridized carbons (Fsp3) is 0.667. The molecule has 0 aliphatic carbocycles. The lowest BCUT2D eigenvalue weighted by atomic mass is 10.0. The van der Waals surface area contributed by atoms with Crippen molar-refractivity contribution in [3.8, 4) is 5.75 Å². The van der Waals surface area contributed by atoms with E-state index in [0.29, 0.717) is 6.10 Å². The highest BCUT2D eigenvalue weighted by Gasteiger charge is 2.21. The topological polar surface area (TPSA) is 21.3 Å². The maximum absolute atomic E-state index is 5.92. The molecule has 0 amide bonds. The Hall–Kier alpha value is -1.02. The van der Waals surface area contributed by atoms with E-state index < -0.39 is 0 Å². The summed E-state index contributed by atoms with van der Waals surface area (Å²) in [7, 11) is 0. The van der Waals surface area contributed by atoms with Crippen LogP contribution >= 0.6 is 0 Å². The van der Waals surface area contributed by atoms with Crippen LogP contribution in [0.25, 0.3) is 0 Å². The van der Waals surface area contributed by atoms with Gasteiger partial charge in [-0.2, -0.15) is 0 Å². The second-order valence-electron chi connectivity index (χ2n) is 6.35. The molecule has 0 fully saturated rings. The molecule has 2 heteroatoms. The molecule has 1 heterocycles. The average Bonchev–Trinajstić information content (AvgIpc) is 2.84. The molecular formula is C18H29NO. The van der Waals surface area contributed by atoms with Crippen LogP contribution in [0.3, 0.4) is 0 Å². The van der Waals surface area contributed by atoms with Gasteiger partial charge in [0, 0.05) is 13.0 Å². The molecule has 0 spiro atoms. The average molecular weight is 275 g/mol. The lowest BCUT2D eigenvalue weighted by Crippen LogP contribution is -2.30. The first-order valence-electron chi connectivity index (χ1n) is 8.21. The summed E-state index contributed by atoms with van der Waals surface area (Å²) >= 11 is 0. The molecule has 0 aromatic heterocycles. The van der Waals surface area contributed by atoms with Crippen LogP contribution in [0.1, 0.15) is 51.5 Å². The molecule has 0 radical (unpaired) electrons. The number of hydrogen-bond donors (Lipinski definition) is 1. The highest BCUT2D eigenvalue weighted by molar-refractivity contribution is 5.37. The Balaban J connectivity index is 1.47. The van der Waals surface area contributed by atoms with Gasteiger partial charge in [-0.15, -0.1) is 0 Å². The maximum Gasteiger partial charge on any atom is 0.123 e. The van der Waals surface area contributed by atoms with Gasteiger partial charge in [-0.25, -0.2) is 0 Å². The van der Waals surface area contributed by atoms with Crippen LogP contribution in [0.15, 0.2) is 24.3 Å². The largest absolute Gasteiger partial charge is 0.488 e. The van der Waals surface area contributed by atoms with Crippen molar-refractivity contribution < 1.29 is 4.74 Å². The smallest absolute Gasteiger partial charge is 0.123 e. The SMILES string of the molecule is CC(C)CCCCCCNCC1Cc2ccccc2O1. The van der Waals surface area contributed by atoms with Gasteiger partial charge in [0.1, 0.15) is 11.9 Å². The van der Waals surface area contributed by atoms with Crippen LogP contribution in [-0.4, -0.2) is 19.2 Å². The van der Waals surface area contributed by atoms with Crippen molar-refractivity contribution >= 4 is 0 Å². The third-order valence-corrected chi connectivity index (χ3v) is 3.97. The molecule has 2 nitrogen and oxygen atoms in total. The fourth-order valence-electron chi connectivity index (χ4n) is 2.79. The molecule has 0 saturated heterocycles. The molecule has 0 saturated carbocycles. The first-order valence-corrected chi connectivity index (χ1v) is 8.21. The summed E-state index contributed by atoms with van der Waals surface area (Å²) < 4.78 is 5.92. The number of hydrogen-bond acceptors (Lipinski definition) is 2. The second kappa shape index (κ2) is 8.31. The van der Waals surface area contributed by atoms with Gasteiger partial charge in [-0.3, -0.25) is 0 Å². The Morgan fingerprint density at radius 1 is 1.15 bits per heavy atom. The van der Waals surface area contributed by atoms with Crippen LogP contribution in [0, 0.1) is 5.92 Å². The van der Waals surface area contributed by atoms with Crippen molar-refractivity contribution in [2.24, 2.45) is 5.92 Å². The first kappa shape index (κ1) is 15.4. The number of fused-ring (bicyclic) bond motifs is 1. The lowest BCUT2D eigenvalue weighted by molar-refractivity contribution is 0.227. The monoisotopic (exact) mass is 275 g/mol. The van der Waals surface area contributed by atoms with E-state index in [4.69, 9.17) is 4.74 Å². The number of unbranched alkanes of at least 4 members (excludes halogenated alkanes) is 3. The minimum absolute atomic E-state index is 0.327. The van der Waals surface area contributed by atoms with Crippen LogP contribution in [0.5, 0.6) is 5.75 Å². The lowest BCUT2D eigenvalue weighted by Gasteiger charge is -2.11. The molecule has 1 aliphatic rings. The van der Waals surface area contributed by atoms with Gasteiger partial charge in [-0.1, -0.05) is 57.7 Å². The van der Waals surface area contributed by atoms with E-state index in [-0.39, 0.29) is 0 Å². The number of para-hydroxylation sites is 1. The van der Waals surface area contributed by atoms with Crippen molar-refractivity contribution in [1.82, 2.24) is 5.32 Å². The quantitative estimate of drug-likeness (QED) is 0.682. The number of rotatable bonds is 9. The number of ether oxygens (including phenoxy) is 1. The normalized spacial score (nSPS) is 17.2. The third kappa shape index (κ3) is 5.16. The molecule has 1 unspecified atom stereocenters. The van der Waals surface area contributed by atoms with Crippen molar-refractivity contribution in [1.29, 1.82) is 0 Å². The van der Waals surface area contributed by atoms with Crippen molar-refractivity contribution in [3.05, 3.63) is 29.8 Å². The molecule has 1 atom stereocenters. The zero-order valence-electron chi connectivity index (χ0n) is 13.0. The summed E-state index contributed by atoms with van der Waals surface area (Å²) in [6.07, 6.45) is 8.17. The van der Waals surface area contributed by atoms with Crippen molar-refractivity contribution in [3.63, 3.8) is 0 Å². The number of benzene rings is 1. The third-order valence-electron chi connectivity index (χ3n) is 3.97. The van der Waals surface area contributed by atoms with Crippen LogP contribution in [0.4, 0.5) is 0 Å². The number of nitrogens with one attached hydrogen (secondary N) is 1. The Morgan fingerprint density at radius 2 is 1.95 bits per heavy atom. The van der Waals surface area contributed by atoms with E-state index in [9.17, 15) is 0 Å². The molecule has 0 bridgehead atoms. The molecule has 1 N–H and O–H groups in total. The van der Waals surface area contributed by atoms with Crippen LogP contribution in [-0.2, 0) is 6.42 Å². The molecule has 1 aromatic carbocycles. The van der Waals surface area contributed by atoms with Gasteiger partial charge in [0.15, 0.2) is 0 Å². The minimum atomic E-state index is 0.327. The van der Waals surface area contributed by atoms with Crippen molar-refractivity contribution in [2.75, 3.05) is 13.1 Å². The van der Waals surface area contributed by atoms with E-state index in [1.165, 1.54) is 37.7 Å². The van der Waals surface area contributed by atoms with E-state index >= 15 is 0 Å². The second-order valence-corrected chi connectivity index (χ2v) is 6.35. The Labute approximate surface area is 123 Å². The molecule has 112 valence electrons. The Kier molecular flexibility index (Phi) is 6.38. The molecule has 1 aliphatic heterocycles. The highest BCUT2D eigenvalue weighted by atomic mass is 16.5. The minimum Gasteiger partial charge on any atom is -0.488 e. The summed E-state index contributed by atoms with van der Waals surface area (Å²) in [6, 6.07) is 8.38. The highest BCUT2D eigenvalue weighted by Crippen LogP contribution is 2.27. The van der Waals surface area contributed by atoms with Gasteiger partial charge >= 0.3 is 0 Å². The predicted octanol–water partition coefficient (Wildman–Crippen LogP) is 4.19. The van der Waals surface area contributed by atoms with Crippen LogP contribution in [0.2, 0.25) is 0 Å². The Bertz CT molecular complexity index is 364. The molecule has 20 heavy (non-hydrogen) atoms. The molecule has 2 rings (SSSR count). The summed E-state index contributed by atoms with van der Waals surface area (Å²) in [4.78, 5) is 0. The Morgan fingerprint density at radius 3 is 2.75 bits per heavy atom. The predicted molar refractivity (Wildman–Crippen MR) is 85.4 cm³/mol. The van der Waals surface area contributed by atoms with Crippen molar-refractivity contribution in [2.45, 2.75) is 58.5 Å². The summed E-state index contributed by atoms with van der Waals surface area (Å²) in [5.74, 6) is 1.93. The summed E-state index contributed by atoms with van der Waals surface area (Å²) in [5.41, 5.74) is 1.35. The molecule has 1 aromatic rings. The summed E-state index contributed by atoms with van der Waals surface area (Å²) in [5, 5.41) is 3.54. The van der Waals surface area contributed by atoms with E-state index in [1.807, 2.05) is 6.07 Å². The standard InChI is InChI=1S/C18H29NO/c1-15(2)9-5-3-4-8-12-19-14-17-13-16-10-6-7-11-18(16)20-17/h6-7,10-11,15,17,19H,3-5,8-9,12-14H2,1-2H3. The molecular weight excluding hydrogens is 246 g/mol. The maximum atomic E-state index is 5.92. The van der Waals surface area contributed by atoms with Gasteiger partial charge < -0.3 is 10.1 Å². The van der Waals surface area contributed by atoms with Crippen LogP contribution < -0.4 is 10.1 Å². The van der Waals surface area contributed by atoms with E-state index in [2.05, 4.69) is 37.4 Å². The van der Waals surface area contributed by atoms with Gasteiger partial charge in [0.2, 0.25) is 0 Å². The first-order chi connectivity index (χ1) is 9.75.